The number of rotatable bonds is 8. The molecule has 3 aromatic rings. The van der Waals surface area contributed by atoms with Gasteiger partial charge < -0.3 is 14.2 Å². The van der Waals surface area contributed by atoms with E-state index >= 15 is 0 Å². The van der Waals surface area contributed by atoms with Crippen molar-refractivity contribution >= 4 is 62.2 Å². The van der Waals surface area contributed by atoms with Crippen molar-refractivity contribution in [3.63, 3.8) is 0 Å². The zero-order valence-electron chi connectivity index (χ0n) is 19.3. The Kier molecular flexibility index (Phi) is 8.04. The highest BCUT2D eigenvalue weighted by molar-refractivity contribution is 14.1. The Labute approximate surface area is 229 Å². The summed E-state index contributed by atoms with van der Waals surface area (Å²) in [6, 6.07) is 16.0. The molecule has 0 saturated carbocycles. The van der Waals surface area contributed by atoms with Gasteiger partial charge in [0.2, 0.25) is 5.90 Å². The van der Waals surface area contributed by atoms with Gasteiger partial charge >= 0.3 is 5.97 Å². The summed E-state index contributed by atoms with van der Waals surface area (Å²) in [4.78, 5) is 27.6. The van der Waals surface area contributed by atoms with E-state index in [0.29, 0.717) is 41.4 Å². The molecule has 0 saturated heterocycles. The van der Waals surface area contributed by atoms with E-state index in [9.17, 15) is 14.9 Å². The number of hydrogen-bond acceptors (Lipinski definition) is 7. The summed E-state index contributed by atoms with van der Waals surface area (Å²) < 4.78 is 18.9. The molecule has 3 aromatic carbocycles. The number of nitrogens with zero attached hydrogens (tertiary/aromatic N) is 2. The van der Waals surface area contributed by atoms with Gasteiger partial charge in [0.1, 0.15) is 6.61 Å². The lowest BCUT2D eigenvalue weighted by Gasteiger charge is -2.15. The maximum absolute atomic E-state index is 12.5. The highest BCUT2D eigenvalue weighted by Gasteiger charge is 2.26. The van der Waals surface area contributed by atoms with Gasteiger partial charge in [-0.3, -0.25) is 10.1 Å². The molecule has 36 heavy (non-hydrogen) atoms. The number of aryl methyl sites for hydroxylation is 1. The van der Waals surface area contributed by atoms with Crippen LogP contribution in [-0.2, 0) is 16.1 Å². The molecule has 0 fully saturated rings. The summed E-state index contributed by atoms with van der Waals surface area (Å²) in [5.41, 5.74) is 2.53. The number of ether oxygens (including phenoxy) is 3. The lowest BCUT2D eigenvalue weighted by atomic mass is 10.1. The maximum atomic E-state index is 12.5. The second-order valence-corrected chi connectivity index (χ2v) is 9.85. The van der Waals surface area contributed by atoms with E-state index in [1.54, 1.807) is 31.2 Å². The minimum atomic E-state index is -0.642. The van der Waals surface area contributed by atoms with Crippen LogP contribution in [0.25, 0.3) is 6.08 Å². The molecule has 184 valence electrons. The number of aliphatic imine (C=N–C) groups is 1. The number of cyclic esters (lactones) is 1. The van der Waals surface area contributed by atoms with Crippen LogP contribution >= 0.6 is 38.5 Å². The Bertz CT molecular complexity index is 1420. The maximum Gasteiger partial charge on any atom is 0.363 e. The van der Waals surface area contributed by atoms with Gasteiger partial charge in [0, 0.05) is 21.7 Å². The molecule has 1 aliphatic heterocycles. The molecule has 0 aliphatic carbocycles. The van der Waals surface area contributed by atoms with Gasteiger partial charge in [0.15, 0.2) is 17.2 Å². The molecule has 0 radical (unpaired) electrons. The van der Waals surface area contributed by atoms with Crippen LogP contribution in [-0.4, -0.2) is 23.4 Å². The fourth-order valence-electron chi connectivity index (χ4n) is 3.49. The van der Waals surface area contributed by atoms with Gasteiger partial charge in [-0.25, -0.2) is 9.79 Å². The van der Waals surface area contributed by atoms with Crippen molar-refractivity contribution in [1.29, 1.82) is 0 Å². The Morgan fingerprint density at radius 1 is 1.17 bits per heavy atom. The van der Waals surface area contributed by atoms with Crippen LogP contribution in [0, 0.1) is 20.6 Å². The molecular formula is C26H20BrIN2O6. The summed E-state index contributed by atoms with van der Waals surface area (Å²) in [5, 5.41) is 11.3. The Morgan fingerprint density at radius 2 is 1.97 bits per heavy atom. The lowest BCUT2D eigenvalue weighted by molar-refractivity contribution is -0.385. The first kappa shape index (κ1) is 25.8. The molecule has 1 heterocycles. The van der Waals surface area contributed by atoms with Gasteiger partial charge in [0.05, 0.1) is 15.1 Å². The Morgan fingerprint density at radius 3 is 2.69 bits per heavy atom. The molecule has 0 aromatic heterocycles. The van der Waals surface area contributed by atoms with E-state index in [4.69, 9.17) is 14.2 Å². The fraction of sp³-hybridized carbons (Fsp3) is 0.154. The van der Waals surface area contributed by atoms with Crippen LogP contribution in [0.2, 0.25) is 0 Å². The molecular weight excluding hydrogens is 643 g/mol. The van der Waals surface area contributed by atoms with Crippen LogP contribution in [0.4, 0.5) is 5.69 Å². The van der Waals surface area contributed by atoms with E-state index in [0.717, 1.165) is 13.6 Å². The molecule has 0 spiro atoms. The van der Waals surface area contributed by atoms with Crippen molar-refractivity contribution in [2.45, 2.75) is 20.5 Å². The van der Waals surface area contributed by atoms with Gasteiger partial charge in [-0.1, -0.05) is 34.1 Å². The number of carbonyl (C=O) groups is 1. The van der Waals surface area contributed by atoms with E-state index in [1.165, 1.54) is 6.07 Å². The number of halogens is 2. The van der Waals surface area contributed by atoms with Crippen molar-refractivity contribution in [2.75, 3.05) is 6.61 Å². The lowest BCUT2D eigenvalue weighted by Crippen LogP contribution is -2.06. The predicted octanol–water partition coefficient (Wildman–Crippen LogP) is 6.59. The van der Waals surface area contributed by atoms with Crippen LogP contribution in [0.1, 0.15) is 29.2 Å². The molecule has 0 unspecified atom stereocenters. The standard InChI is InChI=1S/C26H20BrIN2O6/c1-3-34-23-12-17(10-20(28)24(23)35-14-16-5-4-6-19(27)9-16)11-21-26(31)36-25(29-21)18-8-7-15(2)22(13-18)30(32)33/h4-13H,3,14H2,1-2H3/b21-11-. The molecule has 0 atom stereocenters. The van der Waals surface area contributed by atoms with Crippen LogP contribution in [0.3, 0.4) is 0 Å². The zero-order valence-corrected chi connectivity index (χ0v) is 23.0. The molecule has 8 nitrogen and oxygen atoms in total. The van der Waals surface area contributed by atoms with Crippen LogP contribution in [0.15, 0.2) is 69.8 Å². The van der Waals surface area contributed by atoms with E-state index < -0.39 is 10.9 Å². The second kappa shape index (κ2) is 11.2. The van der Waals surface area contributed by atoms with Gasteiger partial charge in [-0.2, -0.15) is 0 Å². The number of hydrogen-bond donors (Lipinski definition) is 0. The smallest absolute Gasteiger partial charge is 0.363 e. The average Bonchev–Trinajstić information content (AvgIpc) is 3.19. The SMILES string of the molecule is CCOc1cc(/C=C2\N=C(c3ccc(C)c([N+](=O)[O-])c3)OC2=O)cc(I)c1OCc1cccc(Br)c1. The number of carbonyl (C=O) groups excluding carboxylic acids is 1. The van der Waals surface area contributed by atoms with Crippen molar-refractivity contribution in [3.05, 3.63) is 101 Å². The average molecular weight is 663 g/mol. The van der Waals surface area contributed by atoms with Crippen molar-refractivity contribution < 1.29 is 23.9 Å². The topological polar surface area (TPSA) is 100 Å². The van der Waals surface area contributed by atoms with Gasteiger partial charge in [-0.05, 0) is 84.0 Å². The minimum absolute atomic E-state index is 0.0167. The third-order valence-electron chi connectivity index (χ3n) is 5.18. The second-order valence-electron chi connectivity index (χ2n) is 7.78. The first-order valence-corrected chi connectivity index (χ1v) is 12.7. The summed E-state index contributed by atoms with van der Waals surface area (Å²) in [7, 11) is 0. The third-order valence-corrected chi connectivity index (χ3v) is 6.48. The van der Waals surface area contributed by atoms with Gasteiger partial charge in [-0.15, -0.1) is 0 Å². The first-order chi connectivity index (χ1) is 17.2. The highest BCUT2D eigenvalue weighted by Crippen LogP contribution is 2.36. The molecule has 0 bridgehead atoms. The minimum Gasteiger partial charge on any atom is -0.490 e. The third kappa shape index (κ3) is 5.93. The molecule has 1 aliphatic rings. The monoisotopic (exact) mass is 662 g/mol. The number of benzene rings is 3. The van der Waals surface area contributed by atoms with E-state index in [2.05, 4.69) is 43.5 Å². The number of nitro groups is 1. The van der Waals surface area contributed by atoms with Crippen LogP contribution in [0.5, 0.6) is 11.5 Å². The molecule has 4 rings (SSSR count). The largest absolute Gasteiger partial charge is 0.490 e. The first-order valence-electron chi connectivity index (χ1n) is 10.9. The summed E-state index contributed by atoms with van der Waals surface area (Å²) in [6.07, 6.45) is 1.58. The molecule has 10 heteroatoms. The van der Waals surface area contributed by atoms with Crippen molar-refractivity contribution in [3.8, 4) is 11.5 Å². The number of nitro benzene ring substituents is 1. The highest BCUT2D eigenvalue weighted by atomic mass is 127. The number of esters is 1. The van der Waals surface area contributed by atoms with Gasteiger partial charge in [0.25, 0.3) is 5.69 Å². The summed E-state index contributed by atoms with van der Waals surface area (Å²) in [6.45, 7) is 4.31. The molecule has 0 N–H and O–H groups in total. The van der Waals surface area contributed by atoms with Crippen molar-refractivity contribution in [2.24, 2.45) is 4.99 Å². The molecule has 0 amide bonds. The van der Waals surface area contributed by atoms with E-state index in [-0.39, 0.29) is 17.3 Å². The Balaban J connectivity index is 1.63. The normalized spacial score (nSPS) is 13.9. The van der Waals surface area contributed by atoms with Crippen LogP contribution < -0.4 is 9.47 Å². The summed E-state index contributed by atoms with van der Waals surface area (Å²) >= 11 is 5.62. The predicted molar refractivity (Wildman–Crippen MR) is 147 cm³/mol. The zero-order chi connectivity index (χ0) is 25.8. The quantitative estimate of drug-likeness (QED) is 0.0887. The fourth-order valence-corrected chi connectivity index (χ4v) is 4.71. The van der Waals surface area contributed by atoms with Crippen molar-refractivity contribution in [1.82, 2.24) is 0 Å². The summed E-state index contributed by atoms with van der Waals surface area (Å²) in [5.74, 6) is 0.514. The van der Waals surface area contributed by atoms with E-state index in [1.807, 2.05) is 37.3 Å². The Hall–Kier alpha value is -3.25.